The van der Waals surface area contributed by atoms with Crippen LogP contribution in [0.4, 0.5) is 11.4 Å². The van der Waals surface area contributed by atoms with Crippen LogP contribution >= 0.6 is 23.4 Å². The van der Waals surface area contributed by atoms with Crippen molar-refractivity contribution in [3.05, 3.63) is 57.1 Å². The fraction of sp³-hybridized carbons (Fsp3) is 0.381. The lowest BCUT2D eigenvalue weighted by atomic mass is 9.96. The molecule has 0 bridgehead atoms. The molecule has 2 aliphatic heterocycles. The summed E-state index contributed by atoms with van der Waals surface area (Å²) in [5, 5.41) is 11.7. The molecule has 8 nitrogen and oxygen atoms in total. The third-order valence-electron chi connectivity index (χ3n) is 5.85. The molecule has 0 unspecified atom stereocenters. The molecular weight excluding hydrogens is 474 g/mol. The standard InChI is InChI=1S/C21H22ClN3O5S2/c1-14-2-4-17(25(27)28)13-20(14)32(29,30)23-8-6-15(7-9-23)21(26)24-10-11-31-19-5-3-16(22)12-18(19)24/h2-5,12-13,15H,6-11H2,1H3. The smallest absolute Gasteiger partial charge is 0.270 e. The number of halogens is 1. The first-order chi connectivity index (χ1) is 15.2. The van der Waals surface area contributed by atoms with Gasteiger partial charge in [0.25, 0.3) is 5.69 Å². The average molecular weight is 496 g/mol. The first-order valence-electron chi connectivity index (χ1n) is 10.2. The molecule has 2 heterocycles. The van der Waals surface area contributed by atoms with Crippen LogP contribution < -0.4 is 4.90 Å². The molecule has 11 heteroatoms. The van der Waals surface area contributed by atoms with Crippen molar-refractivity contribution >= 4 is 50.7 Å². The third-order valence-corrected chi connectivity index (χ3v) is 9.17. The number of sulfonamides is 1. The zero-order valence-electron chi connectivity index (χ0n) is 17.4. The Morgan fingerprint density at radius 2 is 1.88 bits per heavy atom. The third kappa shape index (κ3) is 4.36. The van der Waals surface area contributed by atoms with Crippen LogP contribution in [0.1, 0.15) is 18.4 Å². The van der Waals surface area contributed by atoms with Crippen molar-refractivity contribution < 1.29 is 18.1 Å². The Labute approximate surface area is 195 Å². The summed E-state index contributed by atoms with van der Waals surface area (Å²) in [5.74, 6) is 0.486. The quantitative estimate of drug-likeness (QED) is 0.467. The Kier molecular flexibility index (Phi) is 6.49. The molecule has 2 aromatic rings. The minimum absolute atomic E-state index is 0.0163. The molecule has 32 heavy (non-hydrogen) atoms. The number of rotatable bonds is 4. The molecule has 0 N–H and O–H groups in total. The second-order valence-electron chi connectivity index (χ2n) is 7.84. The van der Waals surface area contributed by atoms with Gasteiger partial charge < -0.3 is 4.90 Å². The summed E-state index contributed by atoms with van der Waals surface area (Å²) in [6.45, 7) is 2.57. The number of hydrogen-bond donors (Lipinski definition) is 0. The van der Waals surface area contributed by atoms with Crippen LogP contribution in [0.15, 0.2) is 46.2 Å². The zero-order chi connectivity index (χ0) is 23.0. The number of piperidine rings is 1. The van der Waals surface area contributed by atoms with Gasteiger partial charge in [0, 0.05) is 53.4 Å². The van der Waals surface area contributed by atoms with Gasteiger partial charge in [-0.05, 0) is 43.5 Å². The molecule has 0 saturated carbocycles. The number of aryl methyl sites for hydroxylation is 1. The summed E-state index contributed by atoms with van der Waals surface area (Å²) in [4.78, 5) is 26.4. The Bertz CT molecular complexity index is 1180. The van der Waals surface area contributed by atoms with Gasteiger partial charge in [0.15, 0.2) is 0 Å². The predicted octanol–water partition coefficient (Wildman–Crippen LogP) is 4.10. The minimum Gasteiger partial charge on any atom is -0.310 e. The summed E-state index contributed by atoms with van der Waals surface area (Å²) in [6.07, 6.45) is 0.789. The van der Waals surface area contributed by atoms with Crippen molar-refractivity contribution in [3.63, 3.8) is 0 Å². The minimum atomic E-state index is -3.89. The van der Waals surface area contributed by atoms with E-state index in [1.165, 1.54) is 16.4 Å². The molecule has 4 rings (SSSR count). The molecule has 0 atom stereocenters. The predicted molar refractivity (Wildman–Crippen MR) is 124 cm³/mol. The summed E-state index contributed by atoms with van der Waals surface area (Å²) in [7, 11) is -3.89. The molecular formula is C21H22ClN3O5S2. The van der Waals surface area contributed by atoms with Crippen LogP contribution in [0.25, 0.3) is 0 Å². The average Bonchev–Trinajstić information content (AvgIpc) is 2.78. The number of non-ortho nitro benzene ring substituents is 1. The summed E-state index contributed by atoms with van der Waals surface area (Å²) in [5.41, 5.74) is 0.994. The fourth-order valence-corrected chi connectivity index (χ4v) is 6.96. The van der Waals surface area contributed by atoms with Gasteiger partial charge in [-0.15, -0.1) is 11.8 Å². The number of thioether (sulfide) groups is 1. The summed E-state index contributed by atoms with van der Waals surface area (Å²) < 4.78 is 27.6. The second kappa shape index (κ2) is 9.01. The largest absolute Gasteiger partial charge is 0.310 e. The van der Waals surface area contributed by atoms with Gasteiger partial charge in [-0.25, -0.2) is 8.42 Å². The molecule has 170 valence electrons. The van der Waals surface area contributed by atoms with Gasteiger partial charge in [-0.3, -0.25) is 14.9 Å². The highest BCUT2D eigenvalue weighted by atomic mass is 35.5. The van der Waals surface area contributed by atoms with Gasteiger partial charge in [-0.1, -0.05) is 17.7 Å². The van der Waals surface area contributed by atoms with E-state index in [0.717, 1.165) is 22.4 Å². The van der Waals surface area contributed by atoms with Crippen molar-refractivity contribution in [2.75, 3.05) is 30.3 Å². The molecule has 2 aliphatic rings. The highest BCUT2D eigenvalue weighted by Gasteiger charge is 2.36. The number of carbonyl (C=O) groups is 1. The normalized spacial score (nSPS) is 17.8. The lowest BCUT2D eigenvalue weighted by molar-refractivity contribution is -0.385. The Balaban J connectivity index is 1.49. The number of benzene rings is 2. The zero-order valence-corrected chi connectivity index (χ0v) is 19.8. The maximum absolute atomic E-state index is 13.3. The van der Waals surface area contributed by atoms with Crippen molar-refractivity contribution in [2.24, 2.45) is 5.92 Å². The number of nitrogens with zero attached hydrogens (tertiary/aromatic N) is 3. The first-order valence-corrected chi connectivity index (χ1v) is 13.0. The highest BCUT2D eigenvalue weighted by Crippen LogP contribution is 2.38. The lowest BCUT2D eigenvalue weighted by Crippen LogP contribution is -2.45. The molecule has 2 aromatic carbocycles. The van der Waals surface area contributed by atoms with E-state index in [0.29, 0.717) is 30.0 Å². The van der Waals surface area contributed by atoms with E-state index in [1.54, 1.807) is 35.7 Å². The molecule has 1 amide bonds. The Hall–Kier alpha value is -2.14. The van der Waals surface area contributed by atoms with Gasteiger partial charge in [0.2, 0.25) is 15.9 Å². The van der Waals surface area contributed by atoms with E-state index < -0.39 is 14.9 Å². The van der Waals surface area contributed by atoms with E-state index in [9.17, 15) is 23.3 Å². The molecule has 0 radical (unpaired) electrons. The molecule has 0 aliphatic carbocycles. The van der Waals surface area contributed by atoms with Crippen LogP contribution in [0.2, 0.25) is 5.02 Å². The second-order valence-corrected chi connectivity index (χ2v) is 11.3. The summed E-state index contributed by atoms with van der Waals surface area (Å²) in [6, 6.07) is 9.36. The van der Waals surface area contributed by atoms with Crippen LogP contribution in [0.5, 0.6) is 0 Å². The van der Waals surface area contributed by atoms with Crippen LogP contribution in [0.3, 0.4) is 0 Å². The topological polar surface area (TPSA) is 101 Å². The Morgan fingerprint density at radius 3 is 2.56 bits per heavy atom. The fourth-order valence-electron chi connectivity index (χ4n) is 4.10. The van der Waals surface area contributed by atoms with Gasteiger partial charge >= 0.3 is 0 Å². The van der Waals surface area contributed by atoms with Crippen molar-refractivity contribution in [2.45, 2.75) is 29.6 Å². The number of hydrogen-bond acceptors (Lipinski definition) is 6. The number of nitro groups is 1. The van der Waals surface area contributed by atoms with Gasteiger partial charge in [-0.2, -0.15) is 4.31 Å². The number of nitro benzene ring substituents is 1. The van der Waals surface area contributed by atoms with E-state index in [2.05, 4.69) is 0 Å². The monoisotopic (exact) mass is 495 g/mol. The SMILES string of the molecule is Cc1ccc([N+](=O)[O-])cc1S(=O)(=O)N1CCC(C(=O)N2CCSc3ccc(Cl)cc32)CC1. The van der Waals surface area contributed by atoms with Crippen LogP contribution in [0, 0.1) is 23.0 Å². The van der Waals surface area contributed by atoms with Crippen LogP contribution in [-0.2, 0) is 14.8 Å². The van der Waals surface area contributed by atoms with Crippen molar-refractivity contribution in [1.29, 1.82) is 0 Å². The number of fused-ring (bicyclic) bond motifs is 1. The van der Waals surface area contributed by atoms with Gasteiger partial charge in [0.1, 0.15) is 0 Å². The number of anilines is 1. The maximum Gasteiger partial charge on any atom is 0.270 e. The maximum atomic E-state index is 13.3. The lowest BCUT2D eigenvalue weighted by Gasteiger charge is -2.36. The van der Waals surface area contributed by atoms with E-state index >= 15 is 0 Å². The van der Waals surface area contributed by atoms with E-state index in [4.69, 9.17) is 11.6 Å². The Morgan fingerprint density at radius 1 is 1.16 bits per heavy atom. The van der Waals surface area contributed by atoms with Crippen molar-refractivity contribution in [1.82, 2.24) is 4.31 Å². The molecule has 1 saturated heterocycles. The first kappa shape index (κ1) is 23.0. The highest BCUT2D eigenvalue weighted by molar-refractivity contribution is 7.99. The number of carbonyl (C=O) groups excluding carboxylic acids is 1. The van der Waals surface area contributed by atoms with Crippen molar-refractivity contribution in [3.8, 4) is 0 Å². The molecule has 0 aromatic heterocycles. The van der Waals surface area contributed by atoms with E-state index in [-0.39, 0.29) is 35.5 Å². The number of amides is 1. The van der Waals surface area contributed by atoms with Gasteiger partial charge in [0.05, 0.1) is 15.5 Å². The molecule has 1 fully saturated rings. The van der Waals surface area contributed by atoms with E-state index in [1.807, 2.05) is 6.07 Å². The molecule has 0 spiro atoms. The van der Waals surface area contributed by atoms with Crippen LogP contribution in [-0.4, -0.2) is 48.9 Å². The summed E-state index contributed by atoms with van der Waals surface area (Å²) >= 11 is 7.82.